The lowest BCUT2D eigenvalue weighted by Crippen LogP contribution is -2.12. The Kier molecular flexibility index (Phi) is 3.37. The summed E-state index contributed by atoms with van der Waals surface area (Å²) >= 11 is 0. The molecule has 92 valence electrons. The molecule has 0 unspecified atom stereocenters. The van der Waals surface area contributed by atoms with Crippen molar-refractivity contribution >= 4 is 11.5 Å². The van der Waals surface area contributed by atoms with E-state index < -0.39 is 11.6 Å². The molecule has 0 heterocycles. The van der Waals surface area contributed by atoms with Crippen molar-refractivity contribution < 1.29 is 8.78 Å². The number of hydrogen-bond donors (Lipinski definition) is 1. The molecule has 0 radical (unpaired) electrons. The van der Waals surface area contributed by atoms with Crippen LogP contribution in [0.1, 0.15) is 11.1 Å². The van der Waals surface area contributed by atoms with Crippen LogP contribution in [0.2, 0.25) is 0 Å². The first-order chi connectivity index (χ1) is 8.58. The molecule has 0 fully saturated rings. The molecule has 0 bridgehead atoms. The molecule has 0 saturated carbocycles. The Hall–Kier alpha value is -2.23. The number of nitrogens with zero attached hydrogens (tertiary/aromatic N) is 1. The maximum absolute atomic E-state index is 13.6. The second-order valence-electron chi connectivity index (χ2n) is 3.92. The van der Waals surface area contributed by atoms with Gasteiger partial charge in [-0.15, -0.1) is 0 Å². The summed E-state index contributed by atoms with van der Waals surface area (Å²) < 4.78 is 26.9. The number of halogens is 2. The van der Waals surface area contributed by atoms with Gasteiger partial charge >= 0.3 is 0 Å². The third-order valence-corrected chi connectivity index (χ3v) is 2.54. The predicted molar refractivity (Wildman–Crippen MR) is 67.9 cm³/mol. The molecule has 0 spiro atoms. The zero-order chi connectivity index (χ0) is 13.1. The molecule has 2 nitrogen and oxygen atoms in total. The van der Waals surface area contributed by atoms with E-state index in [1.54, 1.807) is 24.3 Å². The second-order valence-corrected chi connectivity index (χ2v) is 3.92. The Bertz CT molecular complexity index is 592. The Labute approximate surface area is 104 Å². The van der Waals surface area contributed by atoms with Gasteiger partial charge < -0.3 is 5.73 Å². The smallest absolute Gasteiger partial charge is 0.149 e. The highest BCUT2D eigenvalue weighted by molar-refractivity contribution is 5.99. The first-order valence-corrected chi connectivity index (χ1v) is 5.43. The average Bonchev–Trinajstić information content (AvgIpc) is 2.37. The van der Waals surface area contributed by atoms with Crippen molar-refractivity contribution in [3.63, 3.8) is 0 Å². The summed E-state index contributed by atoms with van der Waals surface area (Å²) in [7, 11) is 0. The Morgan fingerprint density at radius 1 is 1.06 bits per heavy atom. The van der Waals surface area contributed by atoms with Crippen LogP contribution < -0.4 is 5.73 Å². The highest BCUT2D eigenvalue weighted by Gasteiger charge is 2.07. The molecule has 0 atom stereocenters. The van der Waals surface area contributed by atoms with Gasteiger partial charge in [-0.1, -0.05) is 30.3 Å². The van der Waals surface area contributed by atoms with Crippen LogP contribution in [0.4, 0.5) is 14.5 Å². The van der Waals surface area contributed by atoms with E-state index in [-0.39, 0.29) is 17.1 Å². The van der Waals surface area contributed by atoms with Gasteiger partial charge in [0.1, 0.15) is 23.2 Å². The van der Waals surface area contributed by atoms with Crippen molar-refractivity contribution in [2.45, 2.75) is 6.92 Å². The van der Waals surface area contributed by atoms with Crippen LogP contribution in [0.5, 0.6) is 0 Å². The topological polar surface area (TPSA) is 38.4 Å². The monoisotopic (exact) mass is 246 g/mol. The number of hydrogen-bond acceptors (Lipinski definition) is 1. The van der Waals surface area contributed by atoms with E-state index in [2.05, 4.69) is 4.99 Å². The van der Waals surface area contributed by atoms with Crippen LogP contribution >= 0.6 is 0 Å². The van der Waals surface area contributed by atoms with Crippen LogP contribution in [0, 0.1) is 18.6 Å². The maximum Gasteiger partial charge on any atom is 0.149 e. The fourth-order valence-corrected chi connectivity index (χ4v) is 1.52. The van der Waals surface area contributed by atoms with E-state index in [4.69, 9.17) is 5.73 Å². The van der Waals surface area contributed by atoms with Crippen molar-refractivity contribution in [1.29, 1.82) is 0 Å². The molecule has 2 rings (SSSR count). The van der Waals surface area contributed by atoms with E-state index in [1.807, 2.05) is 6.07 Å². The molecule has 0 aliphatic carbocycles. The second kappa shape index (κ2) is 4.96. The number of amidine groups is 1. The molecule has 0 saturated heterocycles. The van der Waals surface area contributed by atoms with Gasteiger partial charge in [-0.25, -0.2) is 13.8 Å². The Morgan fingerprint density at radius 2 is 1.72 bits per heavy atom. The summed E-state index contributed by atoms with van der Waals surface area (Å²) in [6.07, 6.45) is 0. The molecule has 0 aromatic heterocycles. The third kappa shape index (κ3) is 2.53. The third-order valence-electron chi connectivity index (χ3n) is 2.54. The van der Waals surface area contributed by atoms with Gasteiger partial charge in [-0.2, -0.15) is 0 Å². The summed E-state index contributed by atoms with van der Waals surface area (Å²) in [4.78, 5) is 3.91. The van der Waals surface area contributed by atoms with Crippen LogP contribution in [-0.2, 0) is 0 Å². The highest BCUT2D eigenvalue weighted by atomic mass is 19.1. The minimum Gasteiger partial charge on any atom is -0.383 e. The minimum atomic E-state index is -0.590. The van der Waals surface area contributed by atoms with Crippen LogP contribution in [0.3, 0.4) is 0 Å². The predicted octanol–water partition coefficient (Wildman–Crippen LogP) is 3.31. The molecular weight excluding hydrogens is 234 g/mol. The molecule has 0 aliphatic rings. The summed E-state index contributed by atoms with van der Waals surface area (Å²) in [5.74, 6) is -0.943. The van der Waals surface area contributed by atoms with Crippen molar-refractivity contribution in [2.75, 3.05) is 0 Å². The van der Waals surface area contributed by atoms with Crippen molar-refractivity contribution in [3.05, 3.63) is 65.2 Å². The maximum atomic E-state index is 13.6. The number of aliphatic imine (C=N–C) groups is 1. The Morgan fingerprint density at radius 3 is 2.39 bits per heavy atom. The lowest BCUT2D eigenvalue weighted by molar-refractivity contribution is 0.594. The highest BCUT2D eigenvalue weighted by Crippen LogP contribution is 2.22. The average molecular weight is 246 g/mol. The fraction of sp³-hybridized carbons (Fsp3) is 0.0714. The SMILES string of the molecule is Cc1cc(F)c(N=C(N)c2ccccc2)cc1F. The van der Waals surface area contributed by atoms with Crippen molar-refractivity contribution in [3.8, 4) is 0 Å². The number of benzene rings is 2. The number of nitrogens with two attached hydrogens (primary N) is 1. The quantitative estimate of drug-likeness (QED) is 0.640. The molecule has 18 heavy (non-hydrogen) atoms. The Balaban J connectivity index is 2.42. The van der Waals surface area contributed by atoms with E-state index in [0.717, 1.165) is 12.1 Å². The van der Waals surface area contributed by atoms with Gasteiger partial charge in [0.2, 0.25) is 0 Å². The van der Waals surface area contributed by atoms with Gasteiger partial charge in [-0.3, -0.25) is 0 Å². The zero-order valence-corrected chi connectivity index (χ0v) is 9.82. The van der Waals surface area contributed by atoms with E-state index in [9.17, 15) is 8.78 Å². The van der Waals surface area contributed by atoms with Gasteiger partial charge in [0.15, 0.2) is 0 Å². The number of aryl methyl sites for hydroxylation is 1. The fourth-order valence-electron chi connectivity index (χ4n) is 1.52. The lowest BCUT2D eigenvalue weighted by Gasteiger charge is -2.03. The molecular formula is C14H12F2N2. The first-order valence-electron chi connectivity index (χ1n) is 5.43. The van der Waals surface area contributed by atoms with Crippen LogP contribution in [-0.4, -0.2) is 5.84 Å². The molecule has 2 N–H and O–H groups in total. The largest absolute Gasteiger partial charge is 0.383 e. The summed E-state index contributed by atoms with van der Waals surface area (Å²) in [6, 6.07) is 11.1. The van der Waals surface area contributed by atoms with E-state index >= 15 is 0 Å². The van der Waals surface area contributed by atoms with Crippen molar-refractivity contribution in [1.82, 2.24) is 0 Å². The van der Waals surface area contributed by atoms with Gasteiger partial charge in [0.05, 0.1) is 0 Å². The molecule has 0 aliphatic heterocycles. The van der Waals surface area contributed by atoms with Crippen LogP contribution in [0.25, 0.3) is 0 Å². The lowest BCUT2D eigenvalue weighted by atomic mass is 10.2. The summed E-state index contributed by atoms with van der Waals surface area (Å²) in [5, 5.41) is 0. The summed E-state index contributed by atoms with van der Waals surface area (Å²) in [6.45, 7) is 1.49. The summed E-state index contributed by atoms with van der Waals surface area (Å²) in [5.41, 5.74) is 6.55. The molecule has 0 amide bonds. The van der Waals surface area contributed by atoms with Crippen molar-refractivity contribution in [2.24, 2.45) is 10.7 Å². The minimum absolute atomic E-state index is 0.0977. The standard InChI is InChI=1S/C14H12F2N2/c1-9-7-12(16)13(8-11(9)15)18-14(17)10-5-3-2-4-6-10/h2-8H,1H3,(H2,17,18). The molecule has 2 aromatic carbocycles. The molecule has 4 heteroatoms. The van der Waals surface area contributed by atoms with Gasteiger partial charge in [-0.05, 0) is 18.6 Å². The van der Waals surface area contributed by atoms with Gasteiger partial charge in [0, 0.05) is 11.6 Å². The normalized spacial score (nSPS) is 11.6. The molecule has 2 aromatic rings. The van der Waals surface area contributed by atoms with E-state index in [1.165, 1.54) is 6.92 Å². The zero-order valence-electron chi connectivity index (χ0n) is 9.82. The van der Waals surface area contributed by atoms with Crippen LogP contribution in [0.15, 0.2) is 47.5 Å². The first kappa shape index (κ1) is 12.2. The van der Waals surface area contributed by atoms with Gasteiger partial charge in [0.25, 0.3) is 0 Å². The number of rotatable bonds is 2. The van der Waals surface area contributed by atoms with E-state index in [0.29, 0.717) is 5.56 Å².